The summed E-state index contributed by atoms with van der Waals surface area (Å²) in [6, 6.07) is -5.21. The number of hydrogen-bond donors (Lipinski definition) is 17. The first kappa shape index (κ1) is 111. The maximum atomic E-state index is 12.2. The number of Topliss-reactive ketones (excluding diaryl/α,β-unsaturated/α-hetero) is 3. The Morgan fingerprint density at radius 1 is 0.275 bits per heavy atom. The van der Waals surface area contributed by atoms with Crippen LogP contribution in [0.4, 0.5) is 0 Å². The lowest BCUT2D eigenvalue weighted by Gasteiger charge is -2.20. The van der Waals surface area contributed by atoms with Crippen molar-refractivity contribution in [2.24, 2.45) is 17.2 Å². The summed E-state index contributed by atoms with van der Waals surface area (Å²) in [5.74, 6) is -4.52. The summed E-state index contributed by atoms with van der Waals surface area (Å²) >= 11 is 0. The van der Waals surface area contributed by atoms with E-state index in [1.807, 2.05) is 62.3 Å². The highest BCUT2D eigenvalue weighted by molar-refractivity contribution is 5.96. The van der Waals surface area contributed by atoms with Crippen molar-refractivity contribution in [2.75, 3.05) is 58.9 Å². The molecule has 0 fully saturated rings. The van der Waals surface area contributed by atoms with Crippen molar-refractivity contribution in [3.8, 4) is 0 Å². The number of nitrogens with two attached hydrogens (primary N) is 3. The SMILES string of the molecule is CCCCNC(=O)CC(NC(=O)C(C)NC(C)=O)C(=O)CCC.CCCCNC(=O)CCC(NC(=O)C(C)NC(C)=O)C(=O)CCC.CCCCNC(=O)CCC(NC(C)=O)C(=O)CCC.CCCNCC(=O)NC(CC)C(N)=O.CCCNCC(=O)NC(CC)C(N)=O.CCCNCC(=O)NC(CCC)C(N)=O. The second kappa shape index (κ2) is 74.9. The first-order valence-electron chi connectivity index (χ1n) is 39.2. The molecular weight excluding hydrogens is 1410 g/mol. The predicted octanol–water partition coefficient (Wildman–Crippen LogP) is 1.78. The number of ketones is 3. The number of rotatable bonds is 55. The predicted molar refractivity (Wildman–Crippen MR) is 423 cm³/mol. The topological polar surface area (TPSA) is 537 Å². The molecule has 0 rings (SSSR count). The Labute approximate surface area is 649 Å². The van der Waals surface area contributed by atoms with Gasteiger partial charge in [-0.1, -0.05) is 109 Å². The van der Waals surface area contributed by atoms with Gasteiger partial charge in [-0.15, -0.1) is 0 Å². The summed E-state index contributed by atoms with van der Waals surface area (Å²) in [6.45, 7) is 35.4. The van der Waals surface area contributed by atoms with Gasteiger partial charge in [-0.3, -0.25) is 81.5 Å². The number of carbonyl (C=O) groups is 17. The zero-order valence-electron chi connectivity index (χ0n) is 69.1. The van der Waals surface area contributed by atoms with Gasteiger partial charge in [-0.2, -0.15) is 0 Å². The van der Waals surface area contributed by atoms with Crippen molar-refractivity contribution >= 4 is 100 Å². The lowest BCUT2D eigenvalue weighted by atomic mass is 10.0. The molecule has 0 saturated heterocycles. The maximum Gasteiger partial charge on any atom is 0.242 e. The lowest BCUT2D eigenvalue weighted by Crippen LogP contribution is -2.51. The van der Waals surface area contributed by atoms with E-state index in [-0.39, 0.29) is 116 Å². The number of hydrogen-bond acceptors (Lipinski definition) is 20. The van der Waals surface area contributed by atoms with E-state index in [9.17, 15) is 81.5 Å². The summed E-state index contributed by atoms with van der Waals surface area (Å²) in [5.41, 5.74) is 15.3. The van der Waals surface area contributed by atoms with Crippen molar-refractivity contribution < 1.29 is 81.5 Å². The van der Waals surface area contributed by atoms with Crippen LogP contribution in [-0.2, 0) is 81.5 Å². The van der Waals surface area contributed by atoms with Gasteiger partial charge < -0.3 is 91.6 Å². The minimum atomic E-state index is -0.861. The van der Waals surface area contributed by atoms with E-state index < -0.39 is 77.9 Å². The molecule has 0 bridgehead atoms. The zero-order chi connectivity index (χ0) is 84.7. The molecule has 0 saturated carbocycles. The molecule has 0 aromatic rings. The molecule has 0 radical (unpaired) electrons. The van der Waals surface area contributed by atoms with Gasteiger partial charge in [0.25, 0.3) is 0 Å². The Hall–Kier alpha value is -8.53. The molecule has 632 valence electrons. The van der Waals surface area contributed by atoms with Gasteiger partial charge in [0.15, 0.2) is 17.3 Å². The van der Waals surface area contributed by atoms with Crippen molar-refractivity contribution in [3.63, 3.8) is 0 Å². The fourth-order valence-electron chi connectivity index (χ4n) is 9.11. The van der Waals surface area contributed by atoms with E-state index in [1.165, 1.54) is 27.7 Å². The number of amides is 14. The van der Waals surface area contributed by atoms with Crippen LogP contribution in [0.1, 0.15) is 272 Å². The normalized spacial score (nSPS) is 12.4. The number of unbranched alkanes of at least 4 members (excludes halogenated alkanes) is 3. The molecule has 20 N–H and O–H groups in total. The summed E-state index contributed by atoms with van der Waals surface area (Å²) in [5, 5.41) is 37.6. The highest BCUT2D eigenvalue weighted by atomic mass is 16.2. The largest absolute Gasteiger partial charge is 0.368 e. The third-order valence-electron chi connectivity index (χ3n) is 15.1. The summed E-state index contributed by atoms with van der Waals surface area (Å²) in [6.07, 6.45) is 15.2. The molecule has 8 atom stereocenters. The van der Waals surface area contributed by atoms with Crippen molar-refractivity contribution in [3.05, 3.63) is 0 Å². The zero-order valence-corrected chi connectivity index (χ0v) is 69.1. The minimum absolute atomic E-state index is 0.000872. The van der Waals surface area contributed by atoms with Crippen LogP contribution >= 0.6 is 0 Å². The molecule has 14 amide bonds. The standard InChI is InChI=1S/C17H31N3O4.C16H29N3O4.C14H26N2O3.C10H21N3O2.2C9H19N3O2/c1-5-7-11-18-16(23)10-9-14(15(22)8-6-2)20-17(24)12(3)19-13(4)21;1-5-7-9-17-15(22)10-13(14(21)8-6-2)19-16(23)11(3)18-12(4)20;1-4-6-10-15-14(19)9-8-12(16-11(3)17)13(18)7-5-2;1-3-5-8(10(11)15)13-9(14)7-12-6-4-2;2*1-3-5-11-6-8(13)12-7(4-2)9(10)14/h12,14H,5-11H2,1-4H3,(H,18,23)(H,19,21)(H,20,24);11,13H,5-10H2,1-4H3,(H,17,22)(H,18,20)(H,19,23);12H,4-10H2,1-3H3,(H,15,19)(H,16,17);8,12H,3-7H2,1-2H3,(H2,11,15)(H,13,14);2*7,11H,3-6H2,1-2H3,(H2,10,14)(H,12,13). The maximum absolute atomic E-state index is 12.2. The van der Waals surface area contributed by atoms with Crippen LogP contribution < -0.4 is 91.6 Å². The fourth-order valence-corrected chi connectivity index (χ4v) is 9.11. The third-order valence-corrected chi connectivity index (χ3v) is 15.1. The van der Waals surface area contributed by atoms with Crippen LogP contribution in [-0.4, -0.2) is 207 Å². The van der Waals surface area contributed by atoms with Gasteiger partial charge in [-0.25, -0.2) is 0 Å². The molecule has 0 heterocycles. The van der Waals surface area contributed by atoms with Crippen molar-refractivity contribution in [2.45, 2.75) is 320 Å². The van der Waals surface area contributed by atoms with Crippen LogP contribution in [0.3, 0.4) is 0 Å². The van der Waals surface area contributed by atoms with E-state index in [2.05, 4.69) is 81.4 Å². The Bertz CT molecular complexity index is 2590. The molecule has 34 heteroatoms. The molecule has 0 aliphatic rings. The Balaban J connectivity index is -0.000000296. The number of carbonyl (C=O) groups excluding carboxylic acids is 17. The molecule has 0 aliphatic heterocycles. The van der Waals surface area contributed by atoms with Gasteiger partial charge in [0.2, 0.25) is 82.7 Å². The smallest absolute Gasteiger partial charge is 0.242 e. The van der Waals surface area contributed by atoms with E-state index >= 15 is 0 Å². The van der Waals surface area contributed by atoms with Crippen molar-refractivity contribution in [1.29, 1.82) is 0 Å². The molecule has 109 heavy (non-hydrogen) atoms. The van der Waals surface area contributed by atoms with Crippen LogP contribution in [0.25, 0.3) is 0 Å². The molecular formula is C75H145N17O17. The second-order valence-corrected chi connectivity index (χ2v) is 26.0. The van der Waals surface area contributed by atoms with Gasteiger partial charge in [0, 0.05) is 72.5 Å². The van der Waals surface area contributed by atoms with Gasteiger partial charge >= 0.3 is 0 Å². The van der Waals surface area contributed by atoms with Crippen LogP contribution in [0.2, 0.25) is 0 Å². The first-order chi connectivity index (χ1) is 51.5. The highest BCUT2D eigenvalue weighted by Crippen LogP contribution is 2.08. The Morgan fingerprint density at radius 3 is 0.844 bits per heavy atom. The molecule has 0 aliphatic carbocycles. The minimum Gasteiger partial charge on any atom is -0.368 e. The van der Waals surface area contributed by atoms with Crippen LogP contribution in [0.15, 0.2) is 0 Å². The number of nitrogens with one attached hydrogen (secondary N) is 14. The average molecular weight is 1560 g/mol. The lowest BCUT2D eigenvalue weighted by molar-refractivity contribution is -0.132. The number of primary amides is 3. The summed E-state index contributed by atoms with van der Waals surface area (Å²) in [7, 11) is 0. The monoisotopic (exact) mass is 1560 g/mol. The molecule has 0 spiro atoms. The van der Waals surface area contributed by atoms with Gasteiger partial charge in [0.1, 0.15) is 30.2 Å². The quantitative estimate of drug-likeness (QED) is 0.0386. The molecule has 34 nitrogen and oxygen atoms in total. The van der Waals surface area contributed by atoms with Crippen molar-refractivity contribution in [1.82, 2.24) is 74.4 Å². The molecule has 0 aromatic heterocycles. The van der Waals surface area contributed by atoms with Gasteiger partial charge in [-0.05, 0) is 123 Å². The average Bonchev–Trinajstić information content (AvgIpc) is 0.899. The van der Waals surface area contributed by atoms with E-state index in [0.717, 1.165) is 90.3 Å². The second-order valence-electron chi connectivity index (χ2n) is 26.0. The van der Waals surface area contributed by atoms with Crippen LogP contribution in [0, 0.1) is 0 Å². The third kappa shape index (κ3) is 70.9. The highest BCUT2D eigenvalue weighted by Gasteiger charge is 2.27. The van der Waals surface area contributed by atoms with Crippen LogP contribution in [0.5, 0.6) is 0 Å². The van der Waals surface area contributed by atoms with Gasteiger partial charge in [0.05, 0.1) is 44.2 Å². The Morgan fingerprint density at radius 2 is 0.569 bits per heavy atom. The first-order valence-corrected chi connectivity index (χ1v) is 39.2. The summed E-state index contributed by atoms with van der Waals surface area (Å²) < 4.78 is 0. The Kier molecular flexibility index (Phi) is 76.5. The fraction of sp³-hybridized carbons (Fsp3) is 0.773. The van der Waals surface area contributed by atoms with E-state index in [0.29, 0.717) is 77.4 Å². The summed E-state index contributed by atoms with van der Waals surface area (Å²) in [4.78, 5) is 195. The van der Waals surface area contributed by atoms with E-state index in [1.54, 1.807) is 20.8 Å². The molecule has 8 unspecified atom stereocenters. The molecule has 0 aromatic carbocycles. The van der Waals surface area contributed by atoms with E-state index in [4.69, 9.17) is 17.2 Å².